The van der Waals surface area contributed by atoms with Gasteiger partial charge in [-0.3, -0.25) is 9.59 Å². The van der Waals surface area contributed by atoms with Gasteiger partial charge in [-0.15, -0.1) is 0 Å². The smallest absolute Gasteiger partial charge is 0.311 e. The predicted molar refractivity (Wildman–Crippen MR) is 76.6 cm³/mol. The zero-order valence-corrected chi connectivity index (χ0v) is 12.5. The van der Waals surface area contributed by atoms with E-state index in [1.54, 1.807) is 24.3 Å². The molecule has 20 heavy (non-hydrogen) atoms. The van der Waals surface area contributed by atoms with E-state index in [4.69, 9.17) is 4.74 Å². The molecular weight excluding hydrogens is 326 g/mol. The highest BCUT2D eigenvalue weighted by atomic mass is 79.9. The number of ether oxygens (including phenoxy) is 1. The average Bonchev–Trinajstić information content (AvgIpc) is 2.46. The highest BCUT2D eigenvalue weighted by Crippen LogP contribution is 2.30. The van der Waals surface area contributed by atoms with E-state index in [0.29, 0.717) is 31.6 Å². The summed E-state index contributed by atoms with van der Waals surface area (Å²) in [4.78, 5) is 23.5. The van der Waals surface area contributed by atoms with E-state index < -0.39 is 11.4 Å². The summed E-state index contributed by atoms with van der Waals surface area (Å²) in [7, 11) is 0. The summed E-state index contributed by atoms with van der Waals surface area (Å²) >= 11 is 3.30. The lowest BCUT2D eigenvalue weighted by Gasteiger charge is -2.33. The summed E-state index contributed by atoms with van der Waals surface area (Å²) in [5.41, 5.74) is -0.399. The Morgan fingerprint density at radius 1 is 1.25 bits per heavy atom. The number of rotatable bonds is 4. The van der Waals surface area contributed by atoms with Gasteiger partial charge in [0.25, 0.3) is 5.91 Å². The van der Waals surface area contributed by atoms with Crippen LogP contribution in [0.25, 0.3) is 0 Å². The second-order valence-electron chi connectivity index (χ2n) is 4.89. The Bertz CT molecular complexity index is 494. The van der Waals surface area contributed by atoms with Crippen LogP contribution in [-0.2, 0) is 9.53 Å². The Morgan fingerprint density at radius 3 is 2.40 bits per heavy atom. The molecule has 1 aliphatic heterocycles. The third-order valence-electron chi connectivity index (χ3n) is 3.60. The van der Waals surface area contributed by atoms with Crippen LogP contribution in [0.15, 0.2) is 28.7 Å². The Morgan fingerprint density at radius 2 is 1.85 bits per heavy atom. The molecule has 5 nitrogen and oxygen atoms in total. The van der Waals surface area contributed by atoms with E-state index in [1.165, 1.54) is 0 Å². The molecule has 0 atom stereocenters. The molecule has 1 heterocycles. The van der Waals surface area contributed by atoms with Crippen molar-refractivity contribution in [1.29, 1.82) is 0 Å². The molecule has 2 N–H and O–H groups in total. The van der Waals surface area contributed by atoms with Crippen LogP contribution in [0.3, 0.4) is 0 Å². The van der Waals surface area contributed by atoms with Crippen LogP contribution in [0.4, 0.5) is 0 Å². The highest BCUT2D eigenvalue weighted by molar-refractivity contribution is 9.10. The van der Waals surface area contributed by atoms with E-state index in [2.05, 4.69) is 21.2 Å². The van der Waals surface area contributed by atoms with Crippen molar-refractivity contribution < 1.29 is 19.4 Å². The maximum atomic E-state index is 12.0. The Hall–Kier alpha value is -1.40. The van der Waals surface area contributed by atoms with Gasteiger partial charge in [0.1, 0.15) is 0 Å². The summed E-state index contributed by atoms with van der Waals surface area (Å²) < 4.78 is 6.09. The number of nitrogens with one attached hydrogen (secondary N) is 1. The van der Waals surface area contributed by atoms with E-state index in [-0.39, 0.29) is 12.5 Å². The van der Waals surface area contributed by atoms with Crippen LogP contribution >= 0.6 is 15.9 Å². The molecule has 108 valence electrons. The lowest BCUT2D eigenvalue weighted by molar-refractivity contribution is -0.154. The van der Waals surface area contributed by atoms with Gasteiger partial charge in [-0.05, 0) is 37.1 Å². The van der Waals surface area contributed by atoms with Crippen LogP contribution in [0.1, 0.15) is 23.2 Å². The number of carbonyl (C=O) groups is 2. The zero-order valence-electron chi connectivity index (χ0n) is 10.9. The fourth-order valence-electron chi connectivity index (χ4n) is 2.18. The van der Waals surface area contributed by atoms with Crippen molar-refractivity contribution in [2.75, 3.05) is 19.8 Å². The van der Waals surface area contributed by atoms with E-state index >= 15 is 0 Å². The van der Waals surface area contributed by atoms with Gasteiger partial charge in [0.05, 0.1) is 5.41 Å². The molecule has 1 aromatic rings. The van der Waals surface area contributed by atoms with Crippen molar-refractivity contribution in [2.45, 2.75) is 12.8 Å². The predicted octanol–water partition coefficient (Wildman–Crippen LogP) is 2.06. The minimum atomic E-state index is -0.913. The summed E-state index contributed by atoms with van der Waals surface area (Å²) in [5, 5.41) is 12.1. The number of aliphatic carboxylic acids is 1. The number of hydrogen-bond donors (Lipinski definition) is 2. The highest BCUT2D eigenvalue weighted by Gasteiger charge is 2.40. The molecule has 0 unspecified atom stereocenters. The lowest BCUT2D eigenvalue weighted by atomic mass is 9.80. The minimum Gasteiger partial charge on any atom is -0.481 e. The Balaban J connectivity index is 2.00. The van der Waals surface area contributed by atoms with Crippen molar-refractivity contribution in [2.24, 2.45) is 5.41 Å². The summed E-state index contributed by atoms with van der Waals surface area (Å²) in [6, 6.07) is 6.93. The molecule has 1 aromatic carbocycles. The van der Waals surface area contributed by atoms with Crippen molar-refractivity contribution in [3.8, 4) is 0 Å². The number of amides is 1. The zero-order chi connectivity index (χ0) is 14.6. The number of carbonyl (C=O) groups excluding carboxylic acids is 1. The van der Waals surface area contributed by atoms with Crippen LogP contribution in [-0.4, -0.2) is 36.7 Å². The molecule has 1 amide bonds. The second-order valence-corrected chi connectivity index (χ2v) is 5.80. The van der Waals surface area contributed by atoms with Crippen LogP contribution in [0.5, 0.6) is 0 Å². The van der Waals surface area contributed by atoms with Gasteiger partial charge >= 0.3 is 5.97 Å². The monoisotopic (exact) mass is 341 g/mol. The van der Waals surface area contributed by atoms with Gasteiger partial charge in [0, 0.05) is 29.8 Å². The van der Waals surface area contributed by atoms with E-state index in [0.717, 1.165) is 4.47 Å². The molecule has 6 heteroatoms. The number of benzene rings is 1. The molecule has 2 rings (SSSR count). The fourth-order valence-corrected chi connectivity index (χ4v) is 2.45. The van der Waals surface area contributed by atoms with Crippen LogP contribution in [0, 0.1) is 5.41 Å². The van der Waals surface area contributed by atoms with Crippen LogP contribution in [0.2, 0.25) is 0 Å². The number of halogens is 1. The standard InChI is InChI=1S/C14H16BrNO4/c15-11-3-1-10(2-4-11)12(17)16-9-14(13(18)19)5-7-20-8-6-14/h1-4H,5-9H2,(H,16,17)(H,18,19). The molecule has 0 spiro atoms. The maximum absolute atomic E-state index is 12.0. The average molecular weight is 342 g/mol. The molecule has 0 saturated carbocycles. The largest absolute Gasteiger partial charge is 0.481 e. The number of hydrogen-bond acceptors (Lipinski definition) is 3. The topological polar surface area (TPSA) is 75.6 Å². The molecular formula is C14H16BrNO4. The Labute approximate surface area is 125 Å². The molecule has 1 aliphatic rings. The van der Waals surface area contributed by atoms with Crippen molar-refractivity contribution in [3.63, 3.8) is 0 Å². The van der Waals surface area contributed by atoms with Gasteiger partial charge in [0.15, 0.2) is 0 Å². The first-order valence-electron chi connectivity index (χ1n) is 6.38. The van der Waals surface area contributed by atoms with Crippen molar-refractivity contribution in [1.82, 2.24) is 5.32 Å². The number of carboxylic acid groups (broad SMARTS) is 1. The van der Waals surface area contributed by atoms with Crippen molar-refractivity contribution >= 4 is 27.8 Å². The van der Waals surface area contributed by atoms with Gasteiger partial charge < -0.3 is 15.2 Å². The SMILES string of the molecule is O=C(NCC1(C(=O)O)CCOCC1)c1ccc(Br)cc1. The maximum Gasteiger partial charge on any atom is 0.311 e. The normalized spacial score (nSPS) is 17.4. The molecule has 1 saturated heterocycles. The van der Waals surface area contributed by atoms with E-state index in [9.17, 15) is 14.7 Å². The van der Waals surface area contributed by atoms with Gasteiger partial charge in [-0.2, -0.15) is 0 Å². The van der Waals surface area contributed by atoms with E-state index in [1.807, 2.05) is 0 Å². The third kappa shape index (κ3) is 3.37. The lowest BCUT2D eigenvalue weighted by Crippen LogP contribution is -2.46. The quantitative estimate of drug-likeness (QED) is 0.878. The number of carboxylic acids is 1. The molecule has 0 aromatic heterocycles. The van der Waals surface area contributed by atoms with Crippen molar-refractivity contribution in [3.05, 3.63) is 34.3 Å². The van der Waals surface area contributed by atoms with Crippen LogP contribution < -0.4 is 5.32 Å². The first-order chi connectivity index (χ1) is 9.53. The Kier molecular flexibility index (Phi) is 4.77. The molecule has 0 bridgehead atoms. The molecule has 1 fully saturated rings. The van der Waals surface area contributed by atoms with Gasteiger partial charge in [-0.1, -0.05) is 15.9 Å². The summed E-state index contributed by atoms with van der Waals surface area (Å²) in [5.74, 6) is -1.14. The third-order valence-corrected chi connectivity index (χ3v) is 4.13. The summed E-state index contributed by atoms with van der Waals surface area (Å²) in [6.07, 6.45) is 0.839. The molecule has 0 radical (unpaired) electrons. The fraction of sp³-hybridized carbons (Fsp3) is 0.429. The second kappa shape index (κ2) is 6.37. The van der Waals surface area contributed by atoms with Gasteiger partial charge in [0.2, 0.25) is 0 Å². The first kappa shape index (κ1) is 15.0. The molecule has 0 aliphatic carbocycles. The van der Waals surface area contributed by atoms with Gasteiger partial charge in [-0.25, -0.2) is 0 Å². The minimum absolute atomic E-state index is 0.126. The summed E-state index contributed by atoms with van der Waals surface area (Å²) in [6.45, 7) is 0.960. The first-order valence-corrected chi connectivity index (χ1v) is 7.18.